The summed E-state index contributed by atoms with van der Waals surface area (Å²) in [7, 11) is 0. The van der Waals surface area contributed by atoms with Crippen LogP contribution in [0.15, 0.2) is 45.8 Å². The van der Waals surface area contributed by atoms with Crippen LogP contribution < -0.4 is 5.63 Å². The van der Waals surface area contributed by atoms with Gasteiger partial charge in [-0.15, -0.1) is 0 Å². The van der Waals surface area contributed by atoms with E-state index in [1.54, 1.807) is 13.0 Å². The fourth-order valence-electron chi connectivity index (χ4n) is 1.80. The quantitative estimate of drug-likeness (QED) is 0.486. The highest BCUT2D eigenvalue weighted by molar-refractivity contribution is 5.96. The zero-order valence-corrected chi connectivity index (χ0v) is 11.1. The van der Waals surface area contributed by atoms with Crippen molar-refractivity contribution >= 4 is 11.7 Å². The summed E-state index contributed by atoms with van der Waals surface area (Å²) in [5.74, 6) is -0.664. The monoisotopic (exact) mass is 289 g/mol. The lowest BCUT2D eigenvalue weighted by Crippen LogP contribution is -2.09. The lowest BCUT2D eigenvalue weighted by Gasteiger charge is -2.07. The Bertz CT molecular complexity index is 749. The van der Waals surface area contributed by atoms with Crippen LogP contribution in [0.4, 0.5) is 5.69 Å². The molecule has 0 atom stereocenters. The Morgan fingerprint density at radius 2 is 2.14 bits per heavy atom. The van der Waals surface area contributed by atoms with Crippen molar-refractivity contribution in [3.8, 4) is 11.1 Å². The molecule has 0 N–H and O–H groups in total. The van der Waals surface area contributed by atoms with Crippen molar-refractivity contribution in [2.24, 2.45) is 0 Å². The van der Waals surface area contributed by atoms with Gasteiger partial charge in [-0.25, -0.2) is 9.59 Å². The summed E-state index contributed by atoms with van der Waals surface area (Å²) in [5, 5.41) is 10.8. The SMILES string of the molecule is CCOC(=O)c1coc(=O)cc1-c1cccc([N+](=O)[O-])c1. The number of esters is 1. The molecule has 2 aromatic rings. The molecule has 7 heteroatoms. The summed E-state index contributed by atoms with van der Waals surface area (Å²) in [6, 6.07) is 6.73. The van der Waals surface area contributed by atoms with Crippen molar-refractivity contribution in [2.45, 2.75) is 6.92 Å². The molecule has 0 aliphatic carbocycles. The molecule has 1 heterocycles. The van der Waals surface area contributed by atoms with Gasteiger partial charge in [0.15, 0.2) is 0 Å². The minimum atomic E-state index is -0.664. The van der Waals surface area contributed by atoms with Gasteiger partial charge < -0.3 is 9.15 Å². The number of nitrogens with zero attached hydrogens (tertiary/aromatic N) is 1. The van der Waals surface area contributed by atoms with Crippen molar-refractivity contribution in [3.63, 3.8) is 0 Å². The third-order valence-electron chi connectivity index (χ3n) is 2.71. The first-order valence-electron chi connectivity index (χ1n) is 6.07. The Balaban J connectivity index is 2.59. The maximum absolute atomic E-state index is 11.9. The topological polar surface area (TPSA) is 99.7 Å². The van der Waals surface area contributed by atoms with E-state index < -0.39 is 16.5 Å². The van der Waals surface area contributed by atoms with Crippen LogP contribution >= 0.6 is 0 Å². The minimum Gasteiger partial charge on any atom is -0.462 e. The van der Waals surface area contributed by atoms with Crippen molar-refractivity contribution in [1.82, 2.24) is 0 Å². The molecule has 0 saturated heterocycles. The van der Waals surface area contributed by atoms with Gasteiger partial charge in [0.25, 0.3) is 5.69 Å². The van der Waals surface area contributed by atoms with E-state index in [0.29, 0.717) is 5.56 Å². The van der Waals surface area contributed by atoms with Crippen LogP contribution in [-0.2, 0) is 4.74 Å². The molecule has 0 spiro atoms. The number of carbonyl (C=O) groups is 1. The second-order valence-electron chi connectivity index (χ2n) is 4.05. The van der Waals surface area contributed by atoms with E-state index in [0.717, 1.165) is 12.3 Å². The maximum atomic E-state index is 11.9. The molecule has 0 fully saturated rings. The molecular weight excluding hydrogens is 278 g/mol. The molecule has 21 heavy (non-hydrogen) atoms. The van der Waals surface area contributed by atoms with Crippen LogP contribution in [-0.4, -0.2) is 17.5 Å². The van der Waals surface area contributed by atoms with Crippen molar-refractivity contribution in [1.29, 1.82) is 0 Å². The third kappa shape index (κ3) is 3.14. The van der Waals surface area contributed by atoms with Gasteiger partial charge in [0, 0.05) is 23.8 Å². The van der Waals surface area contributed by atoms with E-state index in [9.17, 15) is 19.7 Å². The van der Waals surface area contributed by atoms with Gasteiger partial charge in [-0.05, 0) is 12.5 Å². The number of ether oxygens (including phenoxy) is 1. The molecule has 108 valence electrons. The van der Waals surface area contributed by atoms with Crippen molar-refractivity contribution in [3.05, 3.63) is 62.7 Å². The predicted octanol–water partition coefficient (Wildman–Crippen LogP) is 2.39. The van der Waals surface area contributed by atoms with E-state index in [-0.39, 0.29) is 23.4 Å². The van der Waals surface area contributed by atoms with Crippen LogP contribution in [0.3, 0.4) is 0 Å². The van der Waals surface area contributed by atoms with Gasteiger partial charge >= 0.3 is 11.6 Å². The summed E-state index contributed by atoms with van der Waals surface area (Å²) in [6.07, 6.45) is 0.995. The van der Waals surface area contributed by atoms with Gasteiger partial charge in [0.05, 0.1) is 11.5 Å². The van der Waals surface area contributed by atoms with Crippen molar-refractivity contribution < 1.29 is 18.9 Å². The molecule has 0 aliphatic rings. The van der Waals surface area contributed by atoms with E-state index in [4.69, 9.17) is 4.74 Å². The largest absolute Gasteiger partial charge is 0.462 e. The lowest BCUT2D eigenvalue weighted by molar-refractivity contribution is -0.384. The van der Waals surface area contributed by atoms with E-state index in [1.807, 2.05) is 0 Å². The second kappa shape index (κ2) is 6.00. The molecule has 7 nitrogen and oxygen atoms in total. The zero-order valence-electron chi connectivity index (χ0n) is 11.1. The number of benzene rings is 1. The first-order chi connectivity index (χ1) is 10.0. The summed E-state index contributed by atoms with van der Waals surface area (Å²) < 4.78 is 9.55. The molecule has 0 aliphatic heterocycles. The van der Waals surface area contributed by atoms with E-state index in [2.05, 4.69) is 4.42 Å². The normalized spacial score (nSPS) is 10.1. The Morgan fingerprint density at radius 3 is 2.81 bits per heavy atom. The molecule has 2 rings (SSSR count). The van der Waals surface area contributed by atoms with E-state index in [1.165, 1.54) is 18.2 Å². The third-order valence-corrected chi connectivity index (χ3v) is 2.71. The molecule has 1 aromatic heterocycles. The number of carbonyl (C=O) groups excluding carboxylic acids is 1. The number of nitro groups is 1. The van der Waals surface area contributed by atoms with Gasteiger partial charge in [0.2, 0.25) is 0 Å². The highest BCUT2D eigenvalue weighted by atomic mass is 16.6. The standard InChI is InChI=1S/C14H11NO6/c1-2-20-14(17)12-8-21-13(16)7-11(12)9-4-3-5-10(6-9)15(18)19/h3-8H,2H2,1H3. The minimum absolute atomic E-state index is 0.0388. The number of hydrogen-bond acceptors (Lipinski definition) is 6. The fraction of sp³-hybridized carbons (Fsp3) is 0.143. The van der Waals surface area contributed by atoms with Gasteiger partial charge in [-0.3, -0.25) is 10.1 Å². The fourth-order valence-corrected chi connectivity index (χ4v) is 1.80. The molecule has 1 aromatic carbocycles. The Kier molecular flexibility index (Phi) is 4.13. The number of non-ortho nitro benzene ring substituents is 1. The molecular formula is C14H11NO6. The van der Waals surface area contributed by atoms with Crippen LogP contribution in [0.1, 0.15) is 17.3 Å². The summed E-state index contributed by atoms with van der Waals surface area (Å²) >= 11 is 0. The maximum Gasteiger partial charge on any atom is 0.341 e. The first-order valence-corrected chi connectivity index (χ1v) is 6.07. The number of hydrogen-bond donors (Lipinski definition) is 0. The number of nitro benzene ring substituents is 1. The van der Waals surface area contributed by atoms with Crippen LogP contribution in [0.25, 0.3) is 11.1 Å². The summed E-state index contributed by atoms with van der Waals surface area (Å²) in [4.78, 5) is 33.5. The highest BCUT2D eigenvalue weighted by Gasteiger charge is 2.17. The zero-order chi connectivity index (χ0) is 15.4. The van der Waals surface area contributed by atoms with Gasteiger partial charge in [-0.2, -0.15) is 0 Å². The van der Waals surface area contributed by atoms with Crippen molar-refractivity contribution in [2.75, 3.05) is 6.61 Å². The second-order valence-corrected chi connectivity index (χ2v) is 4.05. The Morgan fingerprint density at radius 1 is 1.38 bits per heavy atom. The van der Waals surface area contributed by atoms with Gasteiger partial charge in [-0.1, -0.05) is 12.1 Å². The molecule has 0 bridgehead atoms. The molecule has 0 radical (unpaired) electrons. The average Bonchev–Trinajstić information content (AvgIpc) is 2.47. The number of rotatable bonds is 4. The van der Waals surface area contributed by atoms with Gasteiger partial charge in [0.1, 0.15) is 11.8 Å². The van der Waals surface area contributed by atoms with Crippen LogP contribution in [0.5, 0.6) is 0 Å². The summed E-state index contributed by atoms with van der Waals surface area (Å²) in [5.41, 5.74) is -0.175. The Labute approximate surface area is 118 Å². The average molecular weight is 289 g/mol. The van der Waals surface area contributed by atoms with Crippen LogP contribution in [0, 0.1) is 10.1 Å². The summed E-state index contributed by atoms with van der Waals surface area (Å²) in [6.45, 7) is 1.80. The molecule has 0 amide bonds. The first kappa shape index (κ1) is 14.4. The highest BCUT2D eigenvalue weighted by Crippen LogP contribution is 2.26. The molecule has 0 unspecified atom stereocenters. The lowest BCUT2D eigenvalue weighted by atomic mass is 10.0. The van der Waals surface area contributed by atoms with E-state index >= 15 is 0 Å². The smallest absolute Gasteiger partial charge is 0.341 e. The predicted molar refractivity (Wildman–Crippen MR) is 73.0 cm³/mol. The van der Waals surface area contributed by atoms with Crippen LogP contribution in [0.2, 0.25) is 0 Å². The Hall–Kier alpha value is -2.96. The molecule has 0 saturated carbocycles.